The lowest BCUT2D eigenvalue weighted by atomic mass is 9.95. The van der Waals surface area contributed by atoms with E-state index in [9.17, 15) is 24.3 Å². The van der Waals surface area contributed by atoms with Gasteiger partial charge in [-0.3, -0.25) is 14.4 Å². The van der Waals surface area contributed by atoms with Gasteiger partial charge in [0.15, 0.2) is 11.5 Å². The molecule has 0 saturated carbocycles. The Hall–Kier alpha value is -4.28. The average Bonchev–Trinajstić information content (AvgIpc) is 3.21. The average molecular weight is 612 g/mol. The monoisotopic (exact) mass is 611 g/mol. The van der Waals surface area contributed by atoms with Gasteiger partial charge in [0.05, 0.1) is 33.1 Å². The SMILES string of the molecule is CCC(C)C(NC(=O)C(CC(C)C)Nc1ccc2c(cc1=O)C(NC(C)=O)CCc1cc(OC)c(OC)c(OC)c1-2)C(=O)O. The topological polar surface area (TPSA) is 152 Å². The summed E-state index contributed by atoms with van der Waals surface area (Å²) in [6.45, 7) is 8.95. The first kappa shape index (κ1) is 34.2. The van der Waals surface area contributed by atoms with E-state index < -0.39 is 30.0 Å². The lowest BCUT2D eigenvalue weighted by Crippen LogP contribution is -2.51. The number of hydrogen-bond donors (Lipinski definition) is 4. The fourth-order valence-corrected chi connectivity index (χ4v) is 5.65. The third-order valence-corrected chi connectivity index (χ3v) is 8.05. The van der Waals surface area contributed by atoms with Crippen molar-refractivity contribution < 1.29 is 33.7 Å². The van der Waals surface area contributed by atoms with Gasteiger partial charge in [-0.25, -0.2) is 4.79 Å². The van der Waals surface area contributed by atoms with Crippen LogP contribution >= 0.6 is 0 Å². The van der Waals surface area contributed by atoms with E-state index in [2.05, 4.69) is 16.0 Å². The van der Waals surface area contributed by atoms with Gasteiger partial charge in [-0.15, -0.1) is 0 Å². The number of carboxylic acid groups (broad SMARTS) is 1. The summed E-state index contributed by atoms with van der Waals surface area (Å²) in [7, 11) is 4.59. The lowest BCUT2D eigenvalue weighted by molar-refractivity contribution is -0.143. The molecule has 0 heterocycles. The first-order chi connectivity index (χ1) is 20.9. The highest BCUT2D eigenvalue weighted by Gasteiger charge is 2.31. The van der Waals surface area contributed by atoms with Crippen LogP contribution in [0.25, 0.3) is 11.1 Å². The summed E-state index contributed by atoms with van der Waals surface area (Å²) in [5, 5.41) is 18.5. The van der Waals surface area contributed by atoms with E-state index in [0.29, 0.717) is 59.6 Å². The number of hydrogen-bond acceptors (Lipinski definition) is 8. The van der Waals surface area contributed by atoms with Crippen molar-refractivity contribution in [2.45, 2.75) is 78.4 Å². The van der Waals surface area contributed by atoms with Gasteiger partial charge in [0.1, 0.15) is 12.1 Å². The van der Waals surface area contributed by atoms with Crippen LogP contribution in [0.4, 0.5) is 5.69 Å². The standard InChI is InChI=1S/C33H45N3O8/c1-9-18(4)29(33(40)41)36-32(39)25(14-17(2)3)35-24-13-11-21-22(16-26(24)38)23(34-19(5)37)12-10-20-15-27(42-6)30(43-7)31(44-8)28(20)21/h11,13,15-18,23,25,29H,9-10,12,14H2,1-8H3,(H,34,37)(H,35,38)(H,36,39)(H,40,41). The van der Waals surface area contributed by atoms with Gasteiger partial charge >= 0.3 is 5.97 Å². The van der Waals surface area contributed by atoms with Gasteiger partial charge in [0.25, 0.3) is 0 Å². The molecule has 2 aromatic rings. The maximum absolute atomic E-state index is 13.8. The first-order valence-corrected chi connectivity index (χ1v) is 14.9. The number of anilines is 1. The van der Waals surface area contributed by atoms with E-state index in [-0.39, 0.29) is 28.9 Å². The van der Waals surface area contributed by atoms with Crippen molar-refractivity contribution >= 4 is 23.5 Å². The number of methoxy groups -OCH3 is 3. The summed E-state index contributed by atoms with van der Waals surface area (Å²) in [6.07, 6.45) is 2.00. The smallest absolute Gasteiger partial charge is 0.326 e. The van der Waals surface area contributed by atoms with Crippen LogP contribution in [0.5, 0.6) is 17.2 Å². The summed E-state index contributed by atoms with van der Waals surface area (Å²) >= 11 is 0. The molecule has 2 aromatic carbocycles. The molecule has 0 aliphatic heterocycles. The van der Waals surface area contributed by atoms with E-state index in [1.54, 1.807) is 26.2 Å². The molecule has 4 atom stereocenters. The molecule has 0 bridgehead atoms. The number of ether oxygens (including phenoxy) is 3. The Morgan fingerprint density at radius 1 is 1.02 bits per heavy atom. The quantitative estimate of drug-likeness (QED) is 0.260. The molecule has 0 saturated heterocycles. The number of carbonyl (C=O) groups is 3. The highest BCUT2D eigenvalue weighted by atomic mass is 16.5. The Labute approximate surface area is 258 Å². The molecule has 240 valence electrons. The summed E-state index contributed by atoms with van der Waals surface area (Å²) < 4.78 is 17.1. The molecule has 3 rings (SSSR count). The Balaban J connectivity index is 2.20. The van der Waals surface area contributed by atoms with Gasteiger partial charge < -0.3 is 35.3 Å². The number of fused-ring (bicyclic) bond motifs is 3. The van der Waals surface area contributed by atoms with Crippen LogP contribution in [-0.2, 0) is 20.8 Å². The van der Waals surface area contributed by atoms with Gasteiger partial charge in [-0.05, 0) is 66.0 Å². The molecule has 11 heteroatoms. The maximum atomic E-state index is 13.8. The maximum Gasteiger partial charge on any atom is 0.326 e. The highest BCUT2D eigenvalue weighted by molar-refractivity contribution is 5.89. The third-order valence-electron chi connectivity index (χ3n) is 8.05. The minimum absolute atomic E-state index is 0.0668. The van der Waals surface area contributed by atoms with Crippen LogP contribution < -0.4 is 35.6 Å². The van der Waals surface area contributed by atoms with Crippen molar-refractivity contribution in [3.63, 3.8) is 0 Å². The second kappa shape index (κ2) is 14.9. The number of carbonyl (C=O) groups excluding carboxylic acids is 2. The van der Waals surface area contributed by atoms with E-state index >= 15 is 0 Å². The number of benzene rings is 1. The normalized spacial score (nSPS) is 15.9. The van der Waals surface area contributed by atoms with Crippen LogP contribution in [0.1, 0.15) is 71.0 Å². The first-order valence-electron chi connectivity index (χ1n) is 14.9. The Bertz CT molecular complexity index is 1440. The molecule has 0 spiro atoms. The predicted octanol–water partition coefficient (Wildman–Crippen LogP) is 4.31. The summed E-state index contributed by atoms with van der Waals surface area (Å²) in [4.78, 5) is 51.4. The molecule has 1 aliphatic carbocycles. The zero-order valence-electron chi connectivity index (χ0n) is 26.8. The van der Waals surface area contributed by atoms with E-state index in [1.165, 1.54) is 27.2 Å². The number of carboxylic acids is 1. The minimum Gasteiger partial charge on any atom is -0.493 e. The largest absolute Gasteiger partial charge is 0.493 e. The molecule has 44 heavy (non-hydrogen) atoms. The Kier molecular flexibility index (Phi) is 11.6. The molecule has 0 radical (unpaired) electrons. The third kappa shape index (κ3) is 7.62. The molecule has 4 N–H and O–H groups in total. The number of nitrogens with one attached hydrogen (secondary N) is 3. The van der Waals surface area contributed by atoms with Gasteiger partial charge in [0.2, 0.25) is 23.0 Å². The summed E-state index contributed by atoms with van der Waals surface area (Å²) in [6, 6.07) is 4.33. The molecule has 11 nitrogen and oxygen atoms in total. The fraction of sp³-hybridized carbons (Fsp3) is 0.515. The number of amides is 2. The van der Waals surface area contributed by atoms with Crippen LogP contribution in [0.15, 0.2) is 29.1 Å². The predicted molar refractivity (Wildman–Crippen MR) is 169 cm³/mol. The van der Waals surface area contributed by atoms with Crippen molar-refractivity contribution in [3.8, 4) is 28.4 Å². The molecule has 4 unspecified atom stereocenters. The van der Waals surface area contributed by atoms with Crippen LogP contribution in [0.2, 0.25) is 0 Å². The van der Waals surface area contributed by atoms with E-state index in [0.717, 1.165) is 5.56 Å². The summed E-state index contributed by atoms with van der Waals surface area (Å²) in [5.41, 5.74) is 2.63. The van der Waals surface area contributed by atoms with Crippen molar-refractivity contribution in [2.75, 3.05) is 26.6 Å². The highest BCUT2D eigenvalue weighted by Crippen LogP contribution is 2.50. The van der Waals surface area contributed by atoms with Crippen LogP contribution in [0.3, 0.4) is 0 Å². The Morgan fingerprint density at radius 3 is 2.25 bits per heavy atom. The van der Waals surface area contributed by atoms with E-state index in [4.69, 9.17) is 14.2 Å². The zero-order chi connectivity index (χ0) is 32.7. The Morgan fingerprint density at radius 2 is 1.70 bits per heavy atom. The second-order valence-electron chi connectivity index (χ2n) is 11.6. The van der Waals surface area contributed by atoms with Gasteiger partial charge in [-0.1, -0.05) is 40.2 Å². The van der Waals surface area contributed by atoms with Gasteiger partial charge in [0, 0.05) is 12.5 Å². The van der Waals surface area contributed by atoms with E-state index in [1.807, 2.05) is 26.8 Å². The molecule has 1 aliphatic rings. The fourth-order valence-electron chi connectivity index (χ4n) is 5.65. The second-order valence-corrected chi connectivity index (χ2v) is 11.6. The van der Waals surface area contributed by atoms with Crippen molar-refractivity contribution in [3.05, 3.63) is 45.6 Å². The molecular weight excluding hydrogens is 566 g/mol. The van der Waals surface area contributed by atoms with Crippen LogP contribution in [0, 0.1) is 11.8 Å². The van der Waals surface area contributed by atoms with Crippen molar-refractivity contribution in [1.29, 1.82) is 0 Å². The molecule has 2 amide bonds. The number of rotatable bonds is 13. The zero-order valence-corrected chi connectivity index (χ0v) is 26.8. The summed E-state index contributed by atoms with van der Waals surface area (Å²) in [5.74, 6) is -0.749. The van der Waals surface area contributed by atoms with Crippen LogP contribution in [-0.4, -0.2) is 56.3 Å². The van der Waals surface area contributed by atoms with Gasteiger partial charge in [-0.2, -0.15) is 0 Å². The minimum atomic E-state index is -1.11. The molecular formula is C33H45N3O8. The lowest BCUT2D eigenvalue weighted by Gasteiger charge is -2.25. The molecule has 0 fully saturated rings. The number of aryl methyl sites for hydroxylation is 1. The van der Waals surface area contributed by atoms with Crippen molar-refractivity contribution in [1.82, 2.24) is 10.6 Å². The molecule has 0 aromatic heterocycles. The van der Waals surface area contributed by atoms with Crippen molar-refractivity contribution in [2.24, 2.45) is 11.8 Å². The number of aliphatic carboxylic acids is 1.